The minimum absolute atomic E-state index is 0.775. The molecule has 0 bridgehead atoms. The molecule has 0 radical (unpaired) electrons. The third kappa shape index (κ3) is 2.74. The molecule has 2 heterocycles. The first-order valence-electron chi connectivity index (χ1n) is 8.12. The first-order valence-corrected chi connectivity index (χ1v) is 8.12. The molecule has 4 rings (SSSR count). The topological polar surface area (TPSA) is 52.1 Å². The molecule has 126 valence electrons. The molecule has 0 unspecified atom stereocenters. The minimum Gasteiger partial charge on any atom is -0.457 e. The Kier molecular flexibility index (Phi) is 3.69. The second-order valence-corrected chi connectivity index (χ2v) is 5.96. The van der Waals surface area contributed by atoms with E-state index in [1.54, 1.807) is 11.8 Å². The van der Waals surface area contributed by atoms with Gasteiger partial charge in [-0.3, -0.25) is 0 Å². The standard InChI is InChI=1S/C20H19N3O2/c1-13-12-23(24-3)14(2)19(13)20-21-17-10-9-16(11-18(17)22-20)25-15-7-5-4-6-8-15/h4-12H,1-3H3,(H,21,22). The van der Waals surface area contributed by atoms with E-state index in [0.717, 1.165) is 45.2 Å². The van der Waals surface area contributed by atoms with Crippen LogP contribution in [0.4, 0.5) is 0 Å². The van der Waals surface area contributed by atoms with Gasteiger partial charge in [0.1, 0.15) is 24.4 Å². The fourth-order valence-corrected chi connectivity index (χ4v) is 3.08. The van der Waals surface area contributed by atoms with E-state index in [9.17, 15) is 0 Å². The zero-order valence-corrected chi connectivity index (χ0v) is 14.4. The van der Waals surface area contributed by atoms with Gasteiger partial charge in [-0.25, -0.2) is 4.98 Å². The van der Waals surface area contributed by atoms with E-state index in [1.807, 2.05) is 61.7 Å². The molecule has 4 aromatic rings. The van der Waals surface area contributed by atoms with E-state index >= 15 is 0 Å². The van der Waals surface area contributed by atoms with Crippen molar-refractivity contribution in [3.05, 3.63) is 66.0 Å². The minimum atomic E-state index is 0.775. The summed E-state index contributed by atoms with van der Waals surface area (Å²) in [6.45, 7) is 4.07. The van der Waals surface area contributed by atoms with Crippen LogP contribution in [0.3, 0.4) is 0 Å². The second-order valence-electron chi connectivity index (χ2n) is 5.96. The third-order valence-corrected chi connectivity index (χ3v) is 4.26. The van der Waals surface area contributed by atoms with Gasteiger partial charge >= 0.3 is 0 Å². The Morgan fingerprint density at radius 1 is 1.00 bits per heavy atom. The molecule has 0 atom stereocenters. The molecule has 0 amide bonds. The first-order chi connectivity index (χ1) is 12.2. The third-order valence-electron chi connectivity index (χ3n) is 4.26. The Bertz CT molecular complexity index is 1030. The molecule has 2 aromatic heterocycles. The van der Waals surface area contributed by atoms with Crippen molar-refractivity contribution in [3.8, 4) is 22.9 Å². The number of fused-ring (bicyclic) bond motifs is 1. The first kappa shape index (κ1) is 15.3. The van der Waals surface area contributed by atoms with E-state index in [0.29, 0.717) is 0 Å². The van der Waals surface area contributed by atoms with Crippen molar-refractivity contribution < 1.29 is 9.57 Å². The number of hydrogen-bond acceptors (Lipinski definition) is 3. The van der Waals surface area contributed by atoms with Gasteiger partial charge in [0.05, 0.1) is 16.7 Å². The number of hydrogen-bond donors (Lipinski definition) is 1. The van der Waals surface area contributed by atoms with Gasteiger partial charge in [-0.05, 0) is 43.7 Å². The highest BCUT2D eigenvalue weighted by atomic mass is 16.6. The van der Waals surface area contributed by atoms with E-state index < -0.39 is 0 Å². The van der Waals surface area contributed by atoms with E-state index in [-0.39, 0.29) is 0 Å². The van der Waals surface area contributed by atoms with Gasteiger partial charge in [0.15, 0.2) is 0 Å². The largest absolute Gasteiger partial charge is 0.457 e. The maximum atomic E-state index is 5.90. The molecule has 0 aliphatic carbocycles. The Morgan fingerprint density at radius 3 is 2.52 bits per heavy atom. The molecule has 0 spiro atoms. The van der Waals surface area contributed by atoms with E-state index in [2.05, 4.69) is 11.9 Å². The van der Waals surface area contributed by atoms with Gasteiger partial charge in [0.25, 0.3) is 0 Å². The summed E-state index contributed by atoms with van der Waals surface area (Å²) in [5.41, 5.74) is 5.02. The lowest BCUT2D eigenvalue weighted by molar-refractivity contribution is 0.162. The van der Waals surface area contributed by atoms with Gasteiger partial charge in [-0.15, -0.1) is 0 Å². The van der Waals surface area contributed by atoms with E-state index in [4.69, 9.17) is 14.6 Å². The van der Waals surface area contributed by atoms with Crippen molar-refractivity contribution in [2.45, 2.75) is 13.8 Å². The van der Waals surface area contributed by atoms with Crippen LogP contribution in [0, 0.1) is 13.8 Å². The average Bonchev–Trinajstić information content (AvgIpc) is 3.15. The number of para-hydroxylation sites is 1. The maximum Gasteiger partial charge on any atom is 0.140 e. The predicted molar refractivity (Wildman–Crippen MR) is 98.0 cm³/mol. The number of benzene rings is 2. The summed E-state index contributed by atoms with van der Waals surface area (Å²) in [6, 6.07) is 15.6. The van der Waals surface area contributed by atoms with Gasteiger partial charge < -0.3 is 14.6 Å². The van der Waals surface area contributed by atoms with Crippen molar-refractivity contribution in [2.24, 2.45) is 0 Å². The summed E-state index contributed by atoms with van der Waals surface area (Å²) in [6.07, 6.45) is 1.96. The molecule has 5 heteroatoms. The fourth-order valence-electron chi connectivity index (χ4n) is 3.08. The molecular formula is C20H19N3O2. The number of aromatic nitrogens is 3. The lowest BCUT2D eigenvalue weighted by atomic mass is 10.1. The summed E-state index contributed by atoms with van der Waals surface area (Å²) >= 11 is 0. The molecule has 0 saturated heterocycles. The molecule has 25 heavy (non-hydrogen) atoms. The highest BCUT2D eigenvalue weighted by Crippen LogP contribution is 2.30. The van der Waals surface area contributed by atoms with Gasteiger partial charge in [-0.1, -0.05) is 18.2 Å². The Hall–Kier alpha value is -3.21. The van der Waals surface area contributed by atoms with Crippen LogP contribution < -0.4 is 9.57 Å². The Morgan fingerprint density at radius 2 is 1.80 bits per heavy atom. The molecule has 1 N–H and O–H groups in total. The van der Waals surface area contributed by atoms with Crippen molar-refractivity contribution >= 4 is 11.0 Å². The number of imidazole rings is 1. The van der Waals surface area contributed by atoms with Crippen molar-refractivity contribution in [2.75, 3.05) is 7.11 Å². The van der Waals surface area contributed by atoms with Crippen molar-refractivity contribution in [1.29, 1.82) is 0 Å². The Labute approximate surface area is 145 Å². The van der Waals surface area contributed by atoms with Crippen LogP contribution in [0.5, 0.6) is 11.5 Å². The highest BCUT2D eigenvalue weighted by Gasteiger charge is 2.16. The smallest absolute Gasteiger partial charge is 0.140 e. The SMILES string of the molecule is COn1cc(C)c(-c2nc3ccc(Oc4ccccc4)cc3[nH]2)c1C. The molecule has 5 nitrogen and oxygen atoms in total. The lowest BCUT2D eigenvalue weighted by Crippen LogP contribution is -2.05. The van der Waals surface area contributed by atoms with Crippen LogP contribution >= 0.6 is 0 Å². The summed E-state index contributed by atoms with van der Waals surface area (Å²) < 4.78 is 7.65. The average molecular weight is 333 g/mol. The molecule has 0 aliphatic heterocycles. The van der Waals surface area contributed by atoms with Crippen LogP contribution in [0.2, 0.25) is 0 Å². The normalized spacial score (nSPS) is 11.0. The van der Waals surface area contributed by atoms with Crippen LogP contribution in [-0.4, -0.2) is 21.8 Å². The summed E-state index contributed by atoms with van der Waals surface area (Å²) in [5.74, 6) is 2.42. The van der Waals surface area contributed by atoms with Crippen molar-refractivity contribution in [3.63, 3.8) is 0 Å². The number of aromatic amines is 1. The van der Waals surface area contributed by atoms with Crippen molar-refractivity contribution in [1.82, 2.24) is 14.7 Å². The zero-order chi connectivity index (χ0) is 17.4. The molecule has 0 aliphatic rings. The molecule has 2 aromatic carbocycles. The highest BCUT2D eigenvalue weighted by molar-refractivity contribution is 5.82. The van der Waals surface area contributed by atoms with Gasteiger partial charge in [0.2, 0.25) is 0 Å². The molecule has 0 saturated carbocycles. The predicted octanol–water partition coefficient (Wildman–Crippen LogP) is 4.50. The maximum absolute atomic E-state index is 5.90. The van der Waals surface area contributed by atoms with Crippen LogP contribution in [-0.2, 0) is 0 Å². The van der Waals surface area contributed by atoms with Gasteiger partial charge in [-0.2, -0.15) is 4.73 Å². The monoisotopic (exact) mass is 333 g/mol. The van der Waals surface area contributed by atoms with E-state index in [1.165, 1.54) is 0 Å². The summed E-state index contributed by atoms with van der Waals surface area (Å²) in [7, 11) is 1.65. The quantitative estimate of drug-likeness (QED) is 0.598. The number of nitrogens with zero attached hydrogens (tertiary/aromatic N) is 2. The number of ether oxygens (including phenoxy) is 1. The fraction of sp³-hybridized carbons (Fsp3) is 0.150. The number of H-pyrrole nitrogens is 1. The lowest BCUT2D eigenvalue weighted by Gasteiger charge is -2.04. The summed E-state index contributed by atoms with van der Waals surface area (Å²) in [5, 5.41) is 0. The Balaban J connectivity index is 1.73. The van der Waals surface area contributed by atoms with Crippen LogP contribution in [0.1, 0.15) is 11.3 Å². The van der Waals surface area contributed by atoms with Crippen LogP contribution in [0.15, 0.2) is 54.7 Å². The zero-order valence-electron chi connectivity index (χ0n) is 14.4. The number of rotatable bonds is 4. The number of nitrogens with one attached hydrogen (secondary N) is 1. The van der Waals surface area contributed by atoms with Crippen LogP contribution in [0.25, 0.3) is 22.4 Å². The second kappa shape index (κ2) is 6.02. The number of aryl methyl sites for hydroxylation is 1. The van der Waals surface area contributed by atoms with Gasteiger partial charge in [0, 0.05) is 17.8 Å². The molecular weight excluding hydrogens is 314 g/mol. The summed E-state index contributed by atoms with van der Waals surface area (Å²) in [4.78, 5) is 13.5. The molecule has 0 fully saturated rings.